The van der Waals surface area contributed by atoms with Gasteiger partial charge in [0.25, 0.3) is 5.91 Å². The van der Waals surface area contributed by atoms with Crippen molar-refractivity contribution in [2.45, 2.75) is 6.42 Å². The maximum atomic E-state index is 12.3. The highest BCUT2D eigenvalue weighted by Gasteiger charge is 2.30. The Kier molecular flexibility index (Phi) is 6.35. The van der Waals surface area contributed by atoms with Crippen molar-refractivity contribution in [1.82, 2.24) is 19.3 Å². The van der Waals surface area contributed by atoms with Gasteiger partial charge in [-0.05, 0) is 0 Å². The molecule has 0 radical (unpaired) electrons. The van der Waals surface area contributed by atoms with Crippen LogP contribution >= 0.6 is 0 Å². The highest BCUT2D eigenvalue weighted by molar-refractivity contribution is 6.04. The number of imidazole rings is 1. The van der Waals surface area contributed by atoms with Gasteiger partial charge in [-0.2, -0.15) is 5.26 Å². The van der Waals surface area contributed by atoms with E-state index in [2.05, 4.69) is 20.6 Å². The van der Waals surface area contributed by atoms with Crippen LogP contribution in [-0.2, 0) is 4.79 Å². The van der Waals surface area contributed by atoms with E-state index in [4.69, 9.17) is 20.5 Å². The van der Waals surface area contributed by atoms with Gasteiger partial charge in [-0.15, -0.1) is 0 Å². The van der Waals surface area contributed by atoms with Crippen LogP contribution in [0.3, 0.4) is 0 Å². The number of aromatic nitrogens is 3. The number of nitrogens with two attached hydrogens (primary N) is 1. The summed E-state index contributed by atoms with van der Waals surface area (Å²) < 4.78 is 12.2. The van der Waals surface area contributed by atoms with Gasteiger partial charge >= 0.3 is 0 Å². The summed E-state index contributed by atoms with van der Waals surface area (Å²) in [6, 6.07) is 7.07. The quantitative estimate of drug-likeness (QED) is 0.425. The van der Waals surface area contributed by atoms with E-state index in [1.54, 1.807) is 47.9 Å². The summed E-state index contributed by atoms with van der Waals surface area (Å²) >= 11 is 0. The largest absolute Gasteiger partial charge is 0.497 e. The average molecular weight is 464 g/mol. The highest BCUT2D eigenvalue weighted by Crippen LogP contribution is 2.29. The minimum atomic E-state index is -0.682. The van der Waals surface area contributed by atoms with Crippen molar-refractivity contribution in [3.63, 3.8) is 0 Å². The molecule has 1 saturated heterocycles. The zero-order valence-corrected chi connectivity index (χ0v) is 18.7. The molecular weight excluding hydrogens is 440 g/mol. The molecule has 0 spiro atoms. The number of nitrogens with zero attached hydrogens (tertiary/aromatic N) is 5. The molecule has 12 heteroatoms. The van der Waals surface area contributed by atoms with Crippen molar-refractivity contribution >= 4 is 34.8 Å². The predicted octanol–water partition coefficient (Wildman–Crippen LogP) is 1.37. The first-order valence-electron chi connectivity index (χ1n) is 10.5. The summed E-state index contributed by atoms with van der Waals surface area (Å²) in [6.45, 7) is 1.77. The van der Waals surface area contributed by atoms with Gasteiger partial charge in [0.05, 0.1) is 26.5 Å². The minimum absolute atomic E-state index is 0.103. The normalized spacial score (nSPS) is 13.1. The summed E-state index contributed by atoms with van der Waals surface area (Å²) in [5, 5.41) is 14.9. The number of hydrogen-bond acceptors (Lipinski definition) is 9. The van der Waals surface area contributed by atoms with Crippen molar-refractivity contribution < 1.29 is 19.1 Å². The van der Waals surface area contributed by atoms with Crippen LogP contribution in [0.1, 0.15) is 16.8 Å². The Balaban J connectivity index is 1.51. The predicted molar refractivity (Wildman–Crippen MR) is 123 cm³/mol. The van der Waals surface area contributed by atoms with Crippen molar-refractivity contribution in [2.24, 2.45) is 11.7 Å². The second-order valence-electron chi connectivity index (χ2n) is 7.80. The van der Waals surface area contributed by atoms with Crippen molar-refractivity contribution in [2.75, 3.05) is 44.5 Å². The Labute approximate surface area is 195 Å². The highest BCUT2D eigenvalue weighted by atomic mass is 16.5. The molecule has 2 aromatic heterocycles. The Morgan fingerprint density at radius 3 is 2.56 bits per heavy atom. The standard InChI is InChI=1S/C22H24N8O4/c1-33-15-5-14(6-16(7-15)34-2)27-21-19(20(24)32)22-28-17(11-30(22)12-26-21)25-8-13-9-29(10-13)18(31)3-4-23/h5-7,11-13,25,27H,3,8-10H2,1-2H3,(H2,24,32). The maximum absolute atomic E-state index is 12.3. The summed E-state index contributed by atoms with van der Waals surface area (Å²) in [5.74, 6) is 1.35. The van der Waals surface area contributed by atoms with E-state index < -0.39 is 5.91 Å². The number of carbonyl (C=O) groups excluding carboxylic acids is 2. The van der Waals surface area contributed by atoms with E-state index in [9.17, 15) is 9.59 Å². The van der Waals surface area contributed by atoms with E-state index in [1.165, 1.54) is 6.33 Å². The third-order valence-electron chi connectivity index (χ3n) is 5.48. The molecule has 1 fully saturated rings. The third-order valence-corrected chi connectivity index (χ3v) is 5.48. The van der Waals surface area contributed by atoms with Crippen molar-refractivity contribution in [1.29, 1.82) is 5.26 Å². The van der Waals surface area contributed by atoms with Crippen LogP contribution in [0.25, 0.3) is 5.65 Å². The minimum Gasteiger partial charge on any atom is -0.497 e. The number of primary amides is 1. The number of carbonyl (C=O) groups is 2. The first kappa shape index (κ1) is 22.7. The molecule has 176 valence electrons. The number of nitrogens with one attached hydrogen (secondary N) is 2. The molecule has 4 N–H and O–H groups in total. The van der Waals surface area contributed by atoms with Crippen LogP contribution in [0.2, 0.25) is 0 Å². The lowest BCUT2D eigenvalue weighted by Gasteiger charge is -2.39. The van der Waals surface area contributed by atoms with E-state index in [0.717, 1.165) is 0 Å². The van der Waals surface area contributed by atoms with Crippen LogP contribution in [-0.4, -0.2) is 64.9 Å². The first-order valence-corrected chi connectivity index (χ1v) is 10.5. The number of benzene rings is 1. The van der Waals surface area contributed by atoms with Crippen LogP contribution in [0, 0.1) is 17.2 Å². The number of rotatable bonds is 9. The Hall–Kier alpha value is -4.53. The number of nitriles is 1. The van der Waals surface area contributed by atoms with Crippen LogP contribution < -0.4 is 25.8 Å². The maximum Gasteiger partial charge on any atom is 0.256 e. The molecule has 0 aliphatic carbocycles. The summed E-state index contributed by atoms with van der Waals surface area (Å²) in [7, 11) is 3.09. The molecule has 3 aromatic rings. The fourth-order valence-corrected chi connectivity index (χ4v) is 3.71. The zero-order valence-electron chi connectivity index (χ0n) is 18.7. The number of fused-ring (bicyclic) bond motifs is 1. The second-order valence-corrected chi connectivity index (χ2v) is 7.80. The second kappa shape index (κ2) is 9.53. The number of methoxy groups -OCH3 is 2. The topological polar surface area (TPSA) is 160 Å². The van der Waals surface area contributed by atoms with Gasteiger partial charge in [-0.25, -0.2) is 9.97 Å². The van der Waals surface area contributed by atoms with Gasteiger partial charge < -0.3 is 30.7 Å². The van der Waals surface area contributed by atoms with Gasteiger partial charge in [0.1, 0.15) is 41.4 Å². The first-order chi connectivity index (χ1) is 16.4. The van der Waals surface area contributed by atoms with E-state index in [-0.39, 0.29) is 29.6 Å². The van der Waals surface area contributed by atoms with Crippen LogP contribution in [0.4, 0.5) is 17.3 Å². The number of hydrogen-bond donors (Lipinski definition) is 3. The lowest BCUT2D eigenvalue weighted by molar-refractivity contribution is -0.136. The van der Waals surface area contributed by atoms with E-state index in [1.807, 2.05) is 6.07 Å². The van der Waals surface area contributed by atoms with Crippen LogP contribution in [0.5, 0.6) is 11.5 Å². The Morgan fingerprint density at radius 1 is 1.24 bits per heavy atom. The van der Waals surface area contributed by atoms with E-state index in [0.29, 0.717) is 48.3 Å². The molecule has 0 bridgehead atoms. The molecule has 34 heavy (non-hydrogen) atoms. The molecule has 2 amide bonds. The summed E-state index contributed by atoms with van der Waals surface area (Å²) in [6.07, 6.45) is 3.14. The van der Waals surface area contributed by atoms with E-state index >= 15 is 0 Å². The Morgan fingerprint density at radius 2 is 1.94 bits per heavy atom. The number of likely N-dealkylation sites (tertiary alicyclic amines) is 1. The molecule has 0 unspecified atom stereocenters. The smallest absolute Gasteiger partial charge is 0.256 e. The third kappa shape index (κ3) is 4.63. The SMILES string of the molecule is COc1cc(Nc2ncn3cc(NCC4CN(C(=O)CC#N)C4)nc3c2C(N)=O)cc(OC)c1. The average Bonchev–Trinajstić information content (AvgIpc) is 3.20. The molecule has 0 atom stereocenters. The van der Waals surface area contributed by atoms with Gasteiger partial charge in [0.15, 0.2) is 5.65 Å². The van der Waals surface area contributed by atoms with Gasteiger partial charge in [0, 0.05) is 49.4 Å². The van der Waals surface area contributed by atoms with Crippen molar-refractivity contribution in [3.05, 3.63) is 36.3 Å². The fourth-order valence-electron chi connectivity index (χ4n) is 3.71. The molecular formula is C22H24N8O4. The number of anilines is 3. The molecule has 0 saturated carbocycles. The summed E-state index contributed by atoms with van der Waals surface area (Å²) in [5.41, 5.74) is 6.75. The zero-order chi connectivity index (χ0) is 24.2. The van der Waals surface area contributed by atoms with Crippen LogP contribution in [0.15, 0.2) is 30.7 Å². The molecule has 1 aliphatic heterocycles. The molecule has 3 heterocycles. The van der Waals surface area contributed by atoms with Crippen molar-refractivity contribution in [3.8, 4) is 17.6 Å². The number of amides is 2. The molecule has 12 nitrogen and oxygen atoms in total. The molecule has 1 aliphatic rings. The van der Waals surface area contributed by atoms with Gasteiger partial charge in [0.2, 0.25) is 5.91 Å². The lowest BCUT2D eigenvalue weighted by atomic mass is 10.00. The van der Waals surface area contributed by atoms with Gasteiger partial charge in [-0.1, -0.05) is 0 Å². The number of ether oxygens (including phenoxy) is 2. The van der Waals surface area contributed by atoms with Gasteiger partial charge in [-0.3, -0.25) is 14.0 Å². The molecule has 1 aromatic carbocycles. The Bertz CT molecular complexity index is 1250. The fraction of sp³-hybridized carbons (Fsp3) is 0.318. The monoisotopic (exact) mass is 464 g/mol. The summed E-state index contributed by atoms with van der Waals surface area (Å²) in [4.78, 5) is 34.5. The molecule has 4 rings (SSSR count). The lowest BCUT2D eigenvalue weighted by Crippen LogP contribution is -2.52.